The average molecular weight is 226 g/mol. The van der Waals surface area contributed by atoms with Gasteiger partial charge in [-0.05, 0) is 24.7 Å². The number of anilines is 1. The Bertz CT molecular complexity index is 395. The van der Waals surface area contributed by atoms with E-state index in [-0.39, 0.29) is 17.4 Å². The van der Waals surface area contributed by atoms with Crippen LogP contribution in [0.25, 0.3) is 0 Å². The third-order valence-corrected chi connectivity index (χ3v) is 3.86. The minimum atomic E-state index is 0.0573. The molecule has 0 saturated heterocycles. The van der Waals surface area contributed by atoms with Crippen molar-refractivity contribution in [2.75, 3.05) is 12.3 Å². The van der Waals surface area contributed by atoms with Crippen molar-refractivity contribution < 1.29 is 5.11 Å². The molecule has 0 radical (unpaired) electrons. The summed E-state index contributed by atoms with van der Waals surface area (Å²) in [5, 5.41) is 9.57. The number of nitrogens with zero attached hydrogens (tertiary/aromatic N) is 2. The predicted molar refractivity (Wildman–Crippen MR) is 56.5 cm³/mol. The maximum atomic E-state index is 9.16. The third-order valence-electron chi connectivity index (χ3n) is 3.66. The van der Waals surface area contributed by atoms with Gasteiger partial charge in [0.1, 0.15) is 16.8 Å². The first-order valence-electron chi connectivity index (χ1n) is 4.99. The van der Waals surface area contributed by atoms with Crippen molar-refractivity contribution in [1.29, 1.82) is 0 Å². The molecule has 3 aliphatic carbocycles. The molecule has 0 aliphatic heterocycles. The molecule has 0 amide bonds. The number of hydrogen-bond acceptors (Lipinski definition) is 4. The Kier molecular flexibility index (Phi) is 1.64. The Morgan fingerprint density at radius 2 is 2.07 bits per heavy atom. The summed E-state index contributed by atoms with van der Waals surface area (Å²) in [6.45, 7) is 0.269. The van der Waals surface area contributed by atoms with Crippen molar-refractivity contribution in [3.05, 3.63) is 17.0 Å². The molecule has 15 heavy (non-hydrogen) atoms. The number of hydrogen-bond donors (Lipinski definition) is 2. The molecular weight excluding hydrogens is 214 g/mol. The molecule has 3 aliphatic rings. The van der Waals surface area contributed by atoms with E-state index in [2.05, 4.69) is 9.97 Å². The van der Waals surface area contributed by atoms with Crippen LogP contribution in [0, 0.1) is 5.41 Å². The largest absolute Gasteiger partial charge is 0.396 e. The van der Waals surface area contributed by atoms with Crippen molar-refractivity contribution in [1.82, 2.24) is 9.97 Å². The Morgan fingerprint density at radius 3 is 2.60 bits per heavy atom. The fraction of sp³-hybridized carbons (Fsp3) is 0.600. The highest BCUT2D eigenvalue weighted by molar-refractivity contribution is 6.29. The van der Waals surface area contributed by atoms with Crippen LogP contribution in [0.1, 0.15) is 25.1 Å². The van der Waals surface area contributed by atoms with Crippen LogP contribution in [0.15, 0.2) is 6.07 Å². The number of rotatable bonds is 2. The van der Waals surface area contributed by atoms with Gasteiger partial charge < -0.3 is 10.8 Å². The molecule has 0 spiro atoms. The van der Waals surface area contributed by atoms with Gasteiger partial charge in [0.25, 0.3) is 0 Å². The number of halogens is 1. The second-order valence-electron chi connectivity index (χ2n) is 4.91. The highest BCUT2D eigenvalue weighted by atomic mass is 35.5. The smallest absolute Gasteiger partial charge is 0.138 e. The van der Waals surface area contributed by atoms with Gasteiger partial charge in [-0.3, -0.25) is 0 Å². The van der Waals surface area contributed by atoms with E-state index in [1.54, 1.807) is 6.07 Å². The molecule has 3 fully saturated rings. The van der Waals surface area contributed by atoms with Crippen molar-refractivity contribution in [2.24, 2.45) is 5.41 Å². The molecule has 5 heteroatoms. The molecule has 0 aromatic carbocycles. The van der Waals surface area contributed by atoms with E-state index >= 15 is 0 Å². The molecule has 4 rings (SSSR count). The molecule has 1 heterocycles. The van der Waals surface area contributed by atoms with Gasteiger partial charge in [-0.2, -0.15) is 0 Å². The van der Waals surface area contributed by atoms with E-state index in [1.807, 2.05) is 0 Å². The molecule has 1 aromatic heterocycles. The lowest BCUT2D eigenvalue weighted by atomic mass is 9.35. The fourth-order valence-electron chi connectivity index (χ4n) is 3.08. The van der Waals surface area contributed by atoms with Crippen LogP contribution in [0.2, 0.25) is 5.15 Å². The van der Waals surface area contributed by atoms with Gasteiger partial charge in [0.2, 0.25) is 0 Å². The minimum Gasteiger partial charge on any atom is -0.396 e. The first kappa shape index (κ1) is 9.36. The Labute approximate surface area is 92.5 Å². The van der Waals surface area contributed by atoms with Crippen LogP contribution in [-0.4, -0.2) is 21.7 Å². The van der Waals surface area contributed by atoms with Gasteiger partial charge in [-0.1, -0.05) is 11.6 Å². The van der Waals surface area contributed by atoms with E-state index < -0.39 is 0 Å². The maximum absolute atomic E-state index is 9.16. The molecular formula is C10H12ClN3O. The SMILES string of the molecule is Nc1cc(Cl)nc(C23CC(CO)(C2)C3)n1. The fourth-order valence-corrected chi connectivity index (χ4v) is 3.27. The highest BCUT2D eigenvalue weighted by Crippen LogP contribution is 2.72. The summed E-state index contributed by atoms with van der Waals surface area (Å²) < 4.78 is 0. The van der Waals surface area contributed by atoms with E-state index in [9.17, 15) is 0 Å². The number of nitrogens with two attached hydrogens (primary N) is 1. The zero-order valence-corrected chi connectivity index (χ0v) is 8.96. The first-order valence-corrected chi connectivity index (χ1v) is 5.37. The van der Waals surface area contributed by atoms with Crippen LogP contribution in [0.3, 0.4) is 0 Å². The number of aromatic nitrogens is 2. The molecule has 1 aromatic rings. The lowest BCUT2D eigenvalue weighted by molar-refractivity contribution is -0.171. The zero-order chi connectivity index (χ0) is 10.7. The summed E-state index contributed by atoms with van der Waals surface area (Å²) in [4.78, 5) is 8.46. The van der Waals surface area contributed by atoms with Crippen molar-refractivity contribution in [3.8, 4) is 0 Å². The Balaban J connectivity index is 1.90. The summed E-state index contributed by atoms with van der Waals surface area (Å²) in [7, 11) is 0. The molecule has 3 N–H and O–H groups in total. The standard InChI is InChI=1S/C10H12ClN3O/c11-6-1-7(12)14-8(13-6)10-2-9(3-10,4-10)5-15/h1,15H,2-5H2,(H2,12,13,14). The van der Waals surface area contributed by atoms with E-state index in [1.165, 1.54) is 0 Å². The van der Waals surface area contributed by atoms with Gasteiger partial charge in [-0.25, -0.2) is 9.97 Å². The first-order chi connectivity index (χ1) is 7.07. The second-order valence-corrected chi connectivity index (χ2v) is 5.30. The quantitative estimate of drug-likeness (QED) is 0.740. The lowest BCUT2D eigenvalue weighted by Crippen LogP contribution is -2.66. The third kappa shape index (κ3) is 1.12. The zero-order valence-electron chi connectivity index (χ0n) is 8.20. The number of aliphatic hydroxyl groups excluding tert-OH is 1. The second kappa shape index (κ2) is 2.62. The van der Waals surface area contributed by atoms with Gasteiger partial charge >= 0.3 is 0 Å². The number of aliphatic hydroxyl groups is 1. The van der Waals surface area contributed by atoms with Gasteiger partial charge in [0.15, 0.2) is 0 Å². The molecule has 3 saturated carbocycles. The maximum Gasteiger partial charge on any atom is 0.138 e. The topological polar surface area (TPSA) is 72.0 Å². The molecule has 0 unspecified atom stereocenters. The Hall–Kier alpha value is -0.870. The van der Waals surface area contributed by atoms with Crippen LogP contribution in [-0.2, 0) is 5.41 Å². The van der Waals surface area contributed by atoms with Crippen molar-refractivity contribution >= 4 is 17.4 Å². The van der Waals surface area contributed by atoms with Crippen LogP contribution in [0.4, 0.5) is 5.82 Å². The lowest BCUT2D eigenvalue weighted by Gasteiger charge is -2.69. The molecule has 4 nitrogen and oxygen atoms in total. The van der Waals surface area contributed by atoms with E-state index in [0.29, 0.717) is 11.0 Å². The van der Waals surface area contributed by atoms with Gasteiger partial charge in [0.05, 0.1) is 0 Å². The highest BCUT2D eigenvalue weighted by Gasteiger charge is 2.69. The average Bonchev–Trinajstić information content (AvgIpc) is 1.97. The molecule has 2 bridgehead atoms. The Morgan fingerprint density at radius 1 is 1.40 bits per heavy atom. The molecule has 0 atom stereocenters. The predicted octanol–water partition coefficient (Wildman–Crippen LogP) is 1.13. The summed E-state index contributed by atoms with van der Waals surface area (Å²) in [5.74, 6) is 1.18. The van der Waals surface area contributed by atoms with E-state index in [4.69, 9.17) is 22.4 Å². The molecule has 80 valence electrons. The monoisotopic (exact) mass is 225 g/mol. The summed E-state index contributed by atoms with van der Waals surface area (Å²) in [6, 6.07) is 1.55. The van der Waals surface area contributed by atoms with Crippen LogP contribution >= 0.6 is 11.6 Å². The van der Waals surface area contributed by atoms with Crippen LogP contribution < -0.4 is 5.73 Å². The van der Waals surface area contributed by atoms with E-state index in [0.717, 1.165) is 25.1 Å². The summed E-state index contributed by atoms with van der Waals surface area (Å²) in [6.07, 6.45) is 2.91. The summed E-state index contributed by atoms with van der Waals surface area (Å²) in [5.41, 5.74) is 5.84. The number of nitrogen functional groups attached to an aromatic ring is 1. The van der Waals surface area contributed by atoms with Crippen molar-refractivity contribution in [3.63, 3.8) is 0 Å². The summed E-state index contributed by atoms with van der Waals surface area (Å²) >= 11 is 5.84. The normalized spacial score (nSPS) is 36.9. The van der Waals surface area contributed by atoms with Gasteiger partial charge in [0, 0.05) is 18.1 Å². The van der Waals surface area contributed by atoms with Crippen molar-refractivity contribution in [2.45, 2.75) is 24.7 Å². The van der Waals surface area contributed by atoms with Gasteiger partial charge in [-0.15, -0.1) is 0 Å². The minimum absolute atomic E-state index is 0.0573. The van der Waals surface area contributed by atoms with Crippen LogP contribution in [0.5, 0.6) is 0 Å².